The van der Waals surface area contributed by atoms with Crippen LogP contribution in [-0.2, 0) is 7.05 Å². The van der Waals surface area contributed by atoms with Gasteiger partial charge in [-0.25, -0.2) is 14.4 Å². The van der Waals surface area contributed by atoms with Crippen LogP contribution in [0.15, 0.2) is 18.5 Å². The topological polar surface area (TPSA) is 46.8 Å². The van der Waals surface area contributed by atoms with Gasteiger partial charge in [-0.15, -0.1) is 0 Å². The van der Waals surface area contributed by atoms with E-state index in [1.165, 1.54) is 6.20 Å². The highest BCUT2D eigenvalue weighted by Gasteiger charge is 2.19. The van der Waals surface area contributed by atoms with Crippen LogP contribution >= 0.6 is 0 Å². The summed E-state index contributed by atoms with van der Waals surface area (Å²) in [6.45, 7) is 1.72. The van der Waals surface area contributed by atoms with E-state index in [-0.39, 0.29) is 5.82 Å². The van der Waals surface area contributed by atoms with Crippen molar-refractivity contribution in [2.75, 3.05) is 18.0 Å². The summed E-state index contributed by atoms with van der Waals surface area (Å²) in [6, 6.07) is 1.82. The Labute approximate surface area is 104 Å². The number of anilines is 1. The first kappa shape index (κ1) is 11.1. The fraction of sp³-hybridized carbons (Fsp3) is 0.417. The molecule has 0 bridgehead atoms. The standard InChI is InChI=1S/C12H14FN5/c1-17-10(4-5-15-17)11-14-8-9(13)12(16-11)18-6-2-3-7-18/h4-5,8H,2-3,6-7H2,1H3. The van der Waals surface area contributed by atoms with Gasteiger partial charge in [-0.3, -0.25) is 4.68 Å². The Bertz CT molecular complexity index is 559. The van der Waals surface area contributed by atoms with Gasteiger partial charge >= 0.3 is 0 Å². The van der Waals surface area contributed by atoms with E-state index in [1.807, 2.05) is 18.0 Å². The molecule has 0 aliphatic carbocycles. The third-order valence-corrected chi connectivity index (χ3v) is 3.18. The highest BCUT2D eigenvalue weighted by Crippen LogP contribution is 2.23. The molecule has 0 N–H and O–H groups in total. The summed E-state index contributed by atoms with van der Waals surface area (Å²) in [6.07, 6.45) is 5.09. The van der Waals surface area contributed by atoms with Crippen LogP contribution in [0, 0.1) is 5.82 Å². The molecule has 0 radical (unpaired) electrons. The van der Waals surface area contributed by atoms with Gasteiger partial charge in [0.15, 0.2) is 17.5 Å². The highest BCUT2D eigenvalue weighted by atomic mass is 19.1. The molecule has 0 saturated carbocycles. The number of aryl methyl sites for hydroxylation is 1. The van der Waals surface area contributed by atoms with Crippen molar-refractivity contribution in [2.45, 2.75) is 12.8 Å². The van der Waals surface area contributed by atoms with E-state index >= 15 is 0 Å². The van der Waals surface area contributed by atoms with Gasteiger partial charge < -0.3 is 4.90 Å². The second kappa shape index (κ2) is 4.36. The van der Waals surface area contributed by atoms with Crippen LogP contribution in [0.25, 0.3) is 11.5 Å². The summed E-state index contributed by atoms with van der Waals surface area (Å²) in [5.74, 6) is 0.555. The van der Waals surface area contributed by atoms with Crippen molar-refractivity contribution in [2.24, 2.45) is 7.05 Å². The van der Waals surface area contributed by atoms with E-state index in [4.69, 9.17) is 0 Å². The molecule has 1 aliphatic rings. The van der Waals surface area contributed by atoms with Crippen molar-refractivity contribution in [1.82, 2.24) is 19.7 Å². The van der Waals surface area contributed by atoms with Gasteiger partial charge in [-0.1, -0.05) is 0 Å². The van der Waals surface area contributed by atoms with Crippen molar-refractivity contribution in [3.8, 4) is 11.5 Å². The molecular weight excluding hydrogens is 233 g/mol. The molecule has 94 valence electrons. The number of rotatable bonds is 2. The first-order chi connectivity index (χ1) is 8.75. The lowest BCUT2D eigenvalue weighted by atomic mass is 10.4. The molecule has 2 aromatic heterocycles. The van der Waals surface area contributed by atoms with Gasteiger partial charge in [0.05, 0.1) is 6.20 Å². The van der Waals surface area contributed by atoms with Crippen LogP contribution in [0.5, 0.6) is 0 Å². The van der Waals surface area contributed by atoms with Crippen LogP contribution in [-0.4, -0.2) is 32.8 Å². The number of nitrogens with zero attached hydrogens (tertiary/aromatic N) is 5. The molecule has 1 fully saturated rings. The van der Waals surface area contributed by atoms with E-state index < -0.39 is 0 Å². The third kappa shape index (κ3) is 1.83. The SMILES string of the molecule is Cn1nccc1-c1ncc(F)c(N2CCCC2)n1. The van der Waals surface area contributed by atoms with Gasteiger partial charge in [-0.05, 0) is 18.9 Å². The van der Waals surface area contributed by atoms with Crippen molar-refractivity contribution < 1.29 is 4.39 Å². The lowest BCUT2D eigenvalue weighted by Gasteiger charge is -2.17. The van der Waals surface area contributed by atoms with Crippen LogP contribution in [0.1, 0.15) is 12.8 Å². The zero-order valence-corrected chi connectivity index (χ0v) is 10.2. The molecule has 0 atom stereocenters. The van der Waals surface area contributed by atoms with E-state index in [0.29, 0.717) is 11.6 Å². The molecule has 2 aromatic rings. The molecule has 0 unspecified atom stereocenters. The van der Waals surface area contributed by atoms with Gasteiger partial charge in [0.25, 0.3) is 0 Å². The summed E-state index contributed by atoms with van der Waals surface area (Å²) in [5, 5.41) is 4.07. The Balaban J connectivity index is 2.02. The lowest BCUT2D eigenvalue weighted by molar-refractivity contribution is 0.608. The average molecular weight is 247 g/mol. The van der Waals surface area contributed by atoms with E-state index in [0.717, 1.165) is 31.6 Å². The molecule has 18 heavy (non-hydrogen) atoms. The minimum Gasteiger partial charge on any atom is -0.354 e. The van der Waals surface area contributed by atoms with Crippen LogP contribution in [0.4, 0.5) is 10.2 Å². The summed E-state index contributed by atoms with van der Waals surface area (Å²) in [7, 11) is 1.82. The smallest absolute Gasteiger partial charge is 0.183 e. The van der Waals surface area contributed by atoms with Gasteiger partial charge in [0.2, 0.25) is 0 Å². The summed E-state index contributed by atoms with van der Waals surface area (Å²) in [5.41, 5.74) is 0.787. The monoisotopic (exact) mass is 247 g/mol. The number of hydrogen-bond acceptors (Lipinski definition) is 4. The van der Waals surface area contributed by atoms with Crippen molar-refractivity contribution in [3.63, 3.8) is 0 Å². The lowest BCUT2D eigenvalue weighted by Crippen LogP contribution is -2.21. The highest BCUT2D eigenvalue weighted by molar-refractivity contribution is 5.53. The quantitative estimate of drug-likeness (QED) is 0.809. The first-order valence-corrected chi connectivity index (χ1v) is 6.01. The van der Waals surface area contributed by atoms with Gasteiger partial charge in [0.1, 0.15) is 5.69 Å². The summed E-state index contributed by atoms with van der Waals surface area (Å²) < 4.78 is 15.5. The van der Waals surface area contributed by atoms with Crippen molar-refractivity contribution in [3.05, 3.63) is 24.3 Å². The fourth-order valence-electron chi connectivity index (χ4n) is 2.23. The number of hydrogen-bond donors (Lipinski definition) is 0. The Hall–Kier alpha value is -1.98. The molecule has 1 saturated heterocycles. The van der Waals surface area contributed by atoms with Gasteiger partial charge in [0, 0.05) is 26.3 Å². The largest absolute Gasteiger partial charge is 0.354 e. The predicted molar refractivity (Wildman–Crippen MR) is 65.6 cm³/mol. The Kier molecular flexibility index (Phi) is 2.70. The van der Waals surface area contributed by atoms with Crippen LogP contribution < -0.4 is 4.90 Å². The Morgan fingerprint density at radius 2 is 2.06 bits per heavy atom. The van der Waals surface area contributed by atoms with E-state index in [9.17, 15) is 4.39 Å². The maximum Gasteiger partial charge on any atom is 0.183 e. The molecule has 6 heteroatoms. The Morgan fingerprint density at radius 1 is 1.28 bits per heavy atom. The average Bonchev–Trinajstić information content (AvgIpc) is 3.01. The number of halogens is 1. The van der Waals surface area contributed by atoms with E-state index in [2.05, 4.69) is 15.1 Å². The van der Waals surface area contributed by atoms with Crippen LogP contribution in [0.3, 0.4) is 0 Å². The van der Waals surface area contributed by atoms with Gasteiger partial charge in [-0.2, -0.15) is 5.10 Å². The molecule has 0 spiro atoms. The Morgan fingerprint density at radius 3 is 2.72 bits per heavy atom. The molecule has 5 nitrogen and oxygen atoms in total. The van der Waals surface area contributed by atoms with Crippen molar-refractivity contribution in [1.29, 1.82) is 0 Å². The maximum atomic E-state index is 13.8. The minimum atomic E-state index is -0.359. The molecule has 0 amide bonds. The molecule has 0 aromatic carbocycles. The maximum absolute atomic E-state index is 13.8. The third-order valence-electron chi connectivity index (χ3n) is 3.18. The summed E-state index contributed by atoms with van der Waals surface area (Å²) in [4.78, 5) is 10.3. The normalized spacial score (nSPS) is 15.3. The first-order valence-electron chi connectivity index (χ1n) is 6.01. The minimum absolute atomic E-state index is 0.359. The van der Waals surface area contributed by atoms with Crippen molar-refractivity contribution >= 4 is 5.82 Å². The molecular formula is C12H14FN5. The molecule has 3 heterocycles. The zero-order chi connectivity index (χ0) is 12.5. The molecule has 3 rings (SSSR count). The fourth-order valence-corrected chi connectivity index (χ4v) is 2.23. The zero-order valence-electron chi connectivity index (χ0n) is 10.2. The molecule has 1 aliphatic heterocycles. The second-order valence-corrected chi connectivity index (χ2v) is 4.40. The number of aromatic nitrogens is 4. The summed E-state index contributed by atoms with van der Waals surface area (Å²) >= 11 is 0. The van der Waals surface area contributed by atoms with Crippen LogP contribution in [0.2, 0.25) is 0 Å². The predicted octanol–water partition coefficient (Wildman–Crippen LogP) is 1.62. The van der Waals surface area contributed by atoms with E-state index in [1.54, 1.807) is 10.9 Å². The second-order valence-electron chi connectivity index (χ2n) is 4.40.